The van der Waals surface area contributed by atoms with Gasteiger partial charge in [0.2, 0.25) is 16.9 Å². The number of methoxy groups -OCH3 is 1. The fourth-order valence-corrected chi connectivity index (χ4v) is 3.92. The van der Waals surface area contributed by atoms with Crippen molar-refractivity contribution in [1.82, 2.24) is 25.0 Å². The minimum atomic E-state index is 0.216. The van der Waals surface area contributed by atoms with Gasteiger partial charge in [-0.05, 0) is 42.2 Å². The van der Waals surface area contributed by atoms with Crippen LogP contribution in [0.15, 0.2) is 52.1 Å². The summed E-state index contributed by atoms with van der Waals surface area (Å²) in [5, 5.41) is 12.9. The number of thioether (sulfide) groups is 1. The molecule has 2 aromatic heterocycles. The Hall–Kier alpha value is -3.53. The Morgan fingerprint density at radius 1 is 1.15 bits per heavy atom. The van der Waals surface area contributed by atoms with Gasteiger partial charge in [0.05, 0.1) is 12.9 Å². The molecule has 0 bridgehead atoms. The molecule has 4 rings (SSSR count). The zero-order valence-electron chi connectivity index (χ0n) is 19.0. The Morgan fingerprint density at radius 3 is 2.79 bits per heavy atom. The number of nitrogen functional groups attached to an aromatic ring is 1. The minimum absolute atomic E-state index is 0.216. The van der Waals surface area contributed by atoms with Gasteiger partial charge in [-0.25, -0.2) is 4.68 Å². The van der Waals surface area contributed by atoms with Crippen LogP contribution in [0.5, 0.6) is 11.5 Å². The van der Waals surface area contributed by atoms with Crippen molar-refractivity contribution in [2.24, 2.45) is 0 Å². The van der Waals surface area contributed by atoms with Gasteiger partial charge in [-0.15, -0.1) is 10.2 Å². The Kier molecular flexibility index (Phi) is 6.83. The standard InChI is InChI=1S/C23H26N6O3S/c1-14(2)18-9-8-15(3)10-19(18)31-12-20-26-27-23(29(20)24)33-13-21-25-22(28-32-21)16-6-5-7-17(11-16)30-4/h5-11,14H,12-13,24H2,1-4H3. The zero-order chi connectivity index (χ0) is 23.4. The first-order valence-electron chi connectivity index (χ1n) is 10.5. The summed E-state index contributed by atoms with van der Waals surface area (Å²) in [6.07, 6.45) is 0. The molecule has 0 aliphatic heterocycles. The second-order valence-corrected chi connectivity index (χ2v) is 8.73. The van der Waals surface area contributed by atoms with Crippen LogP contribution < -0.4 is 15.3 Å². The predicted octanol–water partition coefficient (Wildman–Crippen LogP) is 4.35. The number of rotatable bonds is 9. The van der Waals surface area contributed by atoms with E-state index < -0.39 is 0 Å². The van der Waals surface area contributed by atoms with Crippen molar-refractivity contribution < 1.29 is 14.0 Å². The lowest BCUT2D eigenvalue weighted by Gasteiger charge is -2.14. The molecule has 33 heavy (non-hydrogen) atoms. The maximum Gasteiger partial charge on any atom is 0.237 e. The largest absolute Gasteiger partial charge is 0.497 e. The van der Waals surface area contributed by atoms with E-state index in [1.165, 1.54) is 16.4 Å². The Balaban J connectivity index is 1.39. The molecule has 0 amide bonds. The molecule has 2 heterocycles. The van der Waals surface area contributed by atoms with E-state index in [1.807, 2.05) is 37.3 Å². The third-order valence-electron chi connectivity index (χ3n) is 5.00. The number of aromatic nitrogens is 5. The summed E-state index contributed by atoms with van der Waals surface area (Å²) < 4.78 is 18.1. The number of benzene rings is 2. The van der Waals surface area contributed by atoms with Crippen LogP contribution in [0.2, 0.25) is 0 Å². The highest BCUT2D eigenvalue weighted by atomic mass is 32.2. The van der Waals surface area contributed by atoms with Gasteiger partial charge in [-0.3, -0.25) is 0 Å². The van der Waals surface area contributed by atoms with E-state index >= 15 is 0 Å². The van der Waals surface area contributed by atoms with Crippen molar-refractivity contribution in [3.05, 3.63) is 65.3 Å². The third kappa shape index (κ3) is 5.28. The molecule has 9 nitrogen and oxygen atoms in total. The van der Waals surface area contributed by atoms with Crippen LogP contribution in [0.1, 0.15) is 42.6 Å². The number of hydrogen-bond acceptors (Lipinski definition) is 9. The lowest BCUT2D eigenvalue weighted by Crippen LogP contribution is -2.16. The predicted molar refractivity (Wildman–Crippen MR) is 126 cm³/mol. The highest BCUT2D eigenvalue weighted by Crippen LogP contribution is 2.28. The van der Waals surface area contributed by atoms with Gasteiger partial charge >= 0.3 is 0 Å². The molecule has 0 saturated carbocycles. The highest BCUT2D eigenvalue weighted by Gasteiger charge is 2.16. The van der Waals surface area contributed by atoms with Gasteiger partial charge in [-0.2, -0.15) is 4.98 Å². The molecule has 172 valence electrons. The lowest BCUT2D eigenvalue weighted by atomic mass is 10.0. The third-order valence-corrected chi connectivity index (χ3v) is 5.93. The number of ether oxygens (including phenoxy) is 2. The summed E-state index contributed by atoms with van der Waals surface area (Å²) in [6, 6.07) is 13.7. The molecule has 2 aromatic carbocycles. The smallest absolute Gasteiger partial charge is 0.237 e. The van der Waals surface area contributed by atoms with Crippen LogP contribution in [0.4, 0.5) is 0 Å². The lowest BCUT2D eigenvalue weighted by molar-refractivity contribution is 0.287. The number of aryl methyl sites for hydroxylation is 1. The van der Waals surface area contributed by atoms with E-state index in [0.29, 0.717) is 34.4 Å². The summed E-state index contributed by atoms with van der Waals surface area (Å²) in [5.74, 6) is 9.98. The zero-order valence-corrected chi connectivity index (χ0v) is 19.8. The van der Waals surface area contributed by atoms with Gasteiger partial charge < -0.3 is 19.8 Å². The van der Waals surface area contributed by atoms with Crippen LogP contribution in [-0.2, 0) is 12.4 Å². The van der Waals surface area contributed by atoms with E-state index in [4.69, 9.17) is 19.8 Å². The normalized spacial score (nSPS) is 11.2. The molecule has 0 aliphatic rings. The minimum Gasteiger partial charge on any atom is -0.497 e. The van der Waals surface area contributed by atoms with Crippen molar-refractivity contribution in [3.63, 3.8) is 0 Å². The van der Waals surface area contributed by atoms with Gasteiger partial charge in [0.15, 0.2) is 5.82 Å². The van der Waals surface area contributed by atoms with Gasteiger partial charge in [0.1, 0.15) is 18.1 Å². The Morgan fingerprint density at radius 2 is 2.00 bits per heavy atom. The number of nitrogens with two attached hydrogens (primary N) is 1. The van der Waals surface area contributed by atoms with Gasteiger partial charge in [0, 0.05) is 5.56 Å². The van der Waals surface area contributed by atoms with Crippen LogP contribution in [0.25, 0.3) is 11.4 Å². The topological polar surface area (TPSA) is 114 Å². The van der Waals surface area contributed by atoms with E-state index in [-0.39, 0.29) is 6.61 Å². The summed E-state index contributed by atoms with van der Waals surface area (Å²) in [6.45, 7) is 6.52. The van der Waals surface area contributed by atoms with Crippen molar-refractivity contribution >= 4 is 11.8 Å². The molecule has 0 saturated heterocycles. The molecule has 0 unspecified atom stereocenters. The quantitative estimate of drug-likeness (QED) is 0.284. The van der Waals surface area contributed by atoms with Crippen LogP contribution in [0.3, 0.4) is 0 Å². The molecule has 0 atom stereocenters. The molecule has 0 aliphatic carbocycles. The van der Waals surface area contributed by atoms with Crippen LogP contribution in [-0.4, -0.2) is 32.1 Å². The monoisotopic (exact) mass is 466 g/mol. The Bertz CT molecular complexity index is 1240. The second kappa shape index (κ2) is 9.95. The van der Waals surface area contributed by atoms with Crippen LogP contribution in [0, 0.1) is 6.92 Å². The average Bonchev–Trinajstić information content (AvgIpc) is 3.43. The van der Waals surface area contributed by atoms with Crippen molar-refractivity contribution in [2.45, 2.75) is 44.2 Å². The molecular weight excluding hydrogens is 440 g/mol. The average molecular weight is 467 g/mol. The molecule has 0 spiro atoms. The molecule has 0 radical (unpaired) electrons. The molecule has 2 N–H and O–H groups in total. The first-order valence-corrected chi connectivity index (χ1v) is 11.5. The maximum absolute atomic E-state index is 6.20. The van der Waals surface area contributed by atoms with Crippen LogP contribution >= 0.6 is 11.8 Å². The first kappa shape index (κ1) is 22.7. The van der Waals surface area contributed by atoms with E-state index in [9.17, 15) is 0 Å². The van der Waals surface area contributed by atoms with E-state index in [2.05, 4.69) is 46.3 Å². The summed E-state index contributed by atoms with van der Waals surface area (Å²) >= 11 is 1.36. The molecule has 4 aromatic rings. The molecule has 0 fully saturated rings. The van der Waals surface area contributed by atoms with Crippen molar-refractivity contribution in [1.29, 1.82) is 0 Å². The summed E-state index contributed by atoms with van der Waals surface area (Å²) in [4.78, 5) is 4.44. The fraction of sp³-hybridized carbons (Fsp3) is 0.304. The van der Waals surface area contributed by atoms with Gasteiger partial charge in [0.25, 0.3) is 0 Å². The first-order chi connectivity index (χ1) is 15.9. The summed E-state index contributed by atoms with van der Waals surface area (Å²) in [7, 11) is 1.61. The number of nitrogens with zero attached hydrogens (tertiary/aromatic N) is 5. The molecular formula is C23H26N6O3S. The number of hydrogen-bond donors (Lipinski definition) is 1. The maximum atomic E-state index is 6.20. The van der Waals surface area contributed by atoms with Crippen molar-refractivity contribution in [2.75, 3.05) is 13.0 Å². The van der Waals surface area contributed by atoms with E-state index in [1.54, 1.807) is 7.11 Å². The summed E-state index contributed by atoms with van der Waals surface area (Å²) in [5.41, 5.74) is 3.09. The second-order valence-electron chi connectivity index (χ2n) is 7.79. The SMILES string of the molecule is COc1cccc(-c2noc(CSc3nnc(COc4cc(C)ccc4C(C)C)n3N)n2)c1. The Labute approximate surface area is 196 Å². The van der Waals surface area contributed by atoms with Crippen molar-refractivity contribution in [3.8, 4) is 22.9 Å². The van der Waals surface area contributed by atoms with E-state index in [0.717, 1.165) is 28.2 Å². The highest BCUT2D eigenvalue weighted by molar-refractivity contribution is 7.98. The fourth-order valence-electron chi connectivity index (χ4n) is 3.21. The molecule has 10 heteroatoms. The van der Waals surface area contributed by atoms with Gasteiger partial charge in [-0.1, -0.05) is 55.0 Å².